The van der Waals surface area contributed by atoms with E-state index < -0.39 is 11.6 Å². The molecule has 1 N–H and O–H groups in total. The van der Waals surface area contributed by atoms with Gasteiger partial charge in [0.25, 0.3) is 0 Å². The summed E-state index contributed by atoms with van der Waals surface area (Å²) in [6, 6.07) is 3.64. The van der Waals surface area contributed by atoms with Crippen molar-refractivity contribution in [2.45, 2.75) is 25.7 Å². The van der Waals surface area contributed by atoms with Gasteiger partial charge in [-0.25, -0.2) is 8.78 Å². The standard InChI is InChI=1S/C14H17F2NO/c15-13-4-2-11(8-14(13)16)7-12(18)3-1-10-5-6-17-9-10/h2,4,8,10,17H,1,3,5-7,9H2. The zero-order valence-electron chi connectivity index (χ0n) is 10.2. The monoisotopic (exact) mass is 253 g/mol. The molecule has 4 heteroatoms. The van der Waals surface area contributed by atoms with E-state index in [4.69, 9.17) is 0 Å². The van der Waals surface area contributed by atoms with Crippen molar-refractivity contribution >= 4 is 5.78 Å². The van der Waals surface area contributed by atoms with Gasteiger partial charge in [-0.15, -0.1) is 0 Å². The summed E-state index contributed by atoms with van der Waals surface area (Å²) in [5.74, 6) is -1.09. The van der Waals surface area contributed by atoms with Crippen molar-refractivity contribution in [3.63, 3.8) is 0 Å². The molecule has 0 saturated carbocycles. The Morgan fingerprint density at radius 1 is 1.33 bits per heavy atom. The third-order valence-corrected chi connectivity index (χ3v) is 3.38. The first-order chi connectivity index (χ1) is 8.65. The second-order valence-electron chi connectivity index (χ2n) is 4.86. The van der Waals surface area contributed by atoms with Crippen molar-refractivity contribution in [3.05, 3.63) is 35.4 Å². The lowest BCUT2D eigenvalue weighted by Gasteiger charge is -2.07. The molecule has 0 spiro atoms. The maximum absolute atomic E-state index is 13.0. The van der Waals surface area contributed by atoms with Crippen LogP contribution in [0.1, 0.15) is 24.8 Å². The van der Waals surface area contributed by atoms with Crippen LogP contribution in [-0.4, -0.2) is 18.9 Å². The van der Waals surface area contributed by atoms with Gasteiger partial charge in [-0.3, -0.25) is 4.79 Å². The van der Waals surface area contributed by atoms with Crippen molar-refractivity contribution in [2.75, 3.05) is 13.1 Å². The molecular formula is C14H17F2NO. The van der Waals surface area contributed by atoms with Gasteiger partial charge in [-0.2, -0.15) is 0 Å². The lowest BCUT2D eigenvalue weighted by molar-refractivity contribution is -0.118. The first-order valence-corrected chi connectivity index (χ1v) is 6.31. The summed E-state index contributed by atoms with van der Waals surface area (Å²) >= 11 is 0. The number of hydrogen-bond acceptors (Lipinski definition) is 2. The fourth-order valence-corrected chi connectivity index (χ4v) is 2.29. The van der Waals surface area contributed by atoms with E-state index in [1.54, 1.807) is 0 Å². The van der Waals surface area contributed by atoms with Gasteiger partial charge in [0.2, 0.25) is 0 Å². The molecule has 1 aliphatic rings. The predicted octanol–water partition coefficient (Wildman–Crippen LogP) is 2.47. The zero-order chi connectivity index (χ0) is 13.0. The molecule has 1 fully saturated rings. The van der Waals surface area contributed by atoms with E-state index in [-0.39, 0.29) is 12.2 Å². The molecule has 0 bridgehead atoms. The van der Waals surface area contributed by atoms with Crippen molar-refractivity contribution in [3.8, 4) is 0 Å². The molecule has 18 heavy (non-hydrogen) atoms. The highest BCUT2D eigenvalue weighted by Gasteiger charge is 2.16. The maximum atomic E-state index is 13.0. The number of ketones is 1. The van der Waals surface area contributed by atoms with Crippen LogP contribution in [0.4, 0.5) is 8.78 Å². The molecule has 1 aromatic carbocycles. The van der Waals surface area contributed by atoms with Crippen LogP contribution in [0.25, 0.3) is 0 Å². The Morgan fingerprint density at radius 3 is 2.83 bits per heavy atom. The molecule has 0 amide bonds. The maximum Gasteiger partial charge on any atom is 0.159 e. The summed E-state index contributed by atoms with van der Waals surface area (Å²) in [5.41, 5.74) is 0.545. The minimum absolute atomic E-state index is 0.0907. The highest BCUT2D eigenvalue weighted by atomic mass is 19.2. The average Bonchev–Trinajstić information content (AvgIpc) is 2.84. The van der Waals surface area contributed by atoms with E-state index in [1.165, 1.54) is 6.07 Å². The van der Waals surface area contributed by atoms with Crippen molar-refractivity contribution in [1.29, 1.82) is 0 Å². The minimum Gasteiger partial charge on any atom is -0.316 e. The Labute approximate surface area is 105 Å². The first kappa shape index (κ1) is 13.1. The van der Waals surface area contributed by atoms with E-state index in [0.29, 0.717) is 17.9 Å². The lowest BCUT2D eigenvalue weighted by Crippen LogP contribution is -2.11. The predicted molar refractivity (Wildman–Crippen MR) is 65.3 cm³/mol. The van der Waals surface area contributed by atoms with Crippen LogP contribution in [0.2, 0.25) is 0 Å². The average molecular weight is 253 g/mol. The molecule has 0 radical (unpaired) electrons. The number of benzene rings is 1. The smallest absolute Gasteiger partial charge is 0.159 e. The van der Waals surface area contributed by atoms with Crippen LogP contribution >= 0.6 is 0 Å². The highest BCUT2D eigenvalue weighted by molar-refractivity contribution is 5.80. The van der Waals surface area contributed by atoms with Gasteiger partial charge in [-0.1, -0.05) is 6.07 Å². The van der Waals surface area contributed by atoms with E-state index >= 15 is 0 Å². The van der Waals surface area contributed by atoms with Crippen LogP contribution in [-0.2, 0) is 11.2 Å². The van der Waals surface area contributed by atoms with Gasteiger partial charge in [-0.05, 0) is 49.5 Å². The summed E-state index contributed by atoms with van der Waals surface area (Å²) in [6.07, 6.45) is 2.72. The molecule has 1 aliphatic heterocycles. The number of Topliss-reactive ketones (excluding diaryl/α,β-unsaturated/α-hetero) is 1. The Morgan fingerprint density at radius 2 is 2.17 bits per heavy atom. The lowest BCUT2D eigenvalue weighted by atomic mass is 9.98. The fraction of sp³-hybridized carbons (Fsp3) is 0.500. The minimum atomic E-state index is -0.889. The van der Waals surface area contributed by atoms with Crippen molar-refractivity contribution < 1.29 is 13.6 Å². The number of carbonyl (C=O) groups is 1. The topological polar surface area (TPSA) is 29.1 Å². The number of nitrogens with one attached hydrogen (secondary N) is 1. The molecule has 2 nitrogen and oxygen atoms in total. The van der Waals surface area contributed by atoms with Crippen LogP contribution in [0.15, 0.2) is 18.2 Å². The number of rotatable bonds is 5. The molecule has 1 atom stereocenters. The van der Waals surface area contributed by atoms with E-state index in [9.17, 15) is 13.6 Å². The number of halogens is 2. The molecular weight excluding hydrogens is 236 g/mol. The summed E-state index contributed by atoms with van der Waals surface area (Å²) in [7, 11) is 0. The van der Waals surface area contributed by atoms with Crippen LogP contribution < -0.4 is 5.32 Å². The molecule has 1 saturated heterocycles. The molecule has 0 aliphatic carbocycles. The molecule has 2 rings (SSSR count). The van der Waals surface area contributed by atoms with Gasteiger partial charge in [0.05, 0.1) is 0 Å². The second kappa shape index (κ2) is 6.05. The second-order valence-corrected chi connectivity index (χ2v) is 4.86. The summed E-state index contributed by atoms with van der Waals surface area (Å²) in [5, 5.41) is 3.26. The van der Waals surface area contributed by atoms with E-state index in [0.717, 1.165) is 38.1 Å². The molecule has 1 unspecified atom stereocenters. The Bertz CT molecular complexity index is 428. The zero-order valence-corrected chi connectivity index (χ0v) is 10.2. The number of hydrogen-bond donors (Lipinski definition) is 1. The van der Waals surface area contributed by atoms with Gasteiger partial charge >= 0.3 is 0 Å². The first-order valence-electron chi connectivity index (χ1n) is 6.31. The summed E-state index contributed by atoms with van der Waals surface area (Å²) < 4.78 is 25.7. The van der Waals surface area contributed by atoms with Gasteiger partial charge < -0.3 is 5.32 Å². The third kappa shape index (κ3) is 3.60. The molecule has 1 aromatic rings. The summed E-state index contributed by atoms with van der Waals surface area (Å²) in [4.78, 5) is 11.7. The van der Waals surface area contributed by atoms with E-state index in [2.05, 4.69) is 5.32 Å². The van der Waals surface area contributed by atoms with Gasteiger partial charge in [0.1, 0.15) is 5.78 Å². The van der Waals surface area contributed by atoms with Crippen LogP contribution in [0, 0.1) is 17.6 Å². The Balaban J connectivity index is 1.80. The SMILES string of the molecule is O=C(CCC1CCNC1)Cc1ccc(F)c(F)c1. The Kier molecular flexibility index (Phi) is 4.42. The van der Waals surface area contributed by atoms with Crippen LogP contribution in [0.5, 0.6) is 0 Å². The molecule has 0 aromatic heterocycles. The Hall–Kier alpha value is -1.29. The summed E-state index contributed by atoms with van der Waals surface area (Å²) in [6.45, 7) is 2.01. The largest absolute Gasteiger partial charge is 0.316 e. The highest BCUT2D eigenvalue weighted by Crippen LogP contribution is 2.16. The number of carbonyl (C=O) groups excluding carboxylic acids is 1. The van der Waals surface area contributed by atoms with Gasteiger partial charge in [0.15, 0.2) is 11.6 Å². The normalized spacial score (nSPS) is 19.1. The molecule has 1 heterocycles. The van der Waals surface area contributed by atoms with E-state index in [1.807, 2.05) is 0 Å². The quantitative estimate of drug-likeness (QED) is 0.873. The van der Waals surface area contributed by atoms with Crippen LogP contribution in [0.3, 0.4) is 0 Å². The fourth-order valence-electron chi connectivity index (χ4n) is 2.29. The third-order valence-electron chi connectivity index (χ3n) is 3.38. The van der Waals surface area contributed by atoms with Gasteiger partial charge in [0, 0.05) is 12.8 Å². The molecule has 98 valence electrons. The van der Waals surface area contributed by atoms with Crippen molar-refractivity contribution in [2.24, 2.45) is 5.92 Å². The van der Waals surface area contributed by atoms with Crippen molar-refractivity contribution in [1.82, 2.24) is 5.32 Å².